The van der Waals surface area contributed by atoms with E-state index in [1.54, 1.807) is 0 Å². The Morgan fingerprint density at radius 1 is 1.45 bits per heavy atom. The summed E-state index contributed by atoms with van der Waals surface area (Å²) in [5.74, 6) is -1.53. The lowest BCUT2D eigenvalue weighted by Gasteiger charge is -2.22. The van der Waals surface area contributed by atoms with E-state index in [-0.39, 0.29) is 12.2 Å². The Bertz CT molecular complexity index is 518. The third-order valence-electron chi connectivity index (χ3n) is 3.75. The summed E-state index contributed by atoms with van der Waals surface area (Å²) in [4.78, 5) is 11.8. The molecule has 0 amide bonds. The molecule has 1 heterocycles. The number of carbonyl (C=O) groups is 1. The molecule has 0 aromatic carbocycles. The minimum atomic E-state index is -5.64. The van der Waals surface area contributed by atoms with E-state index in [2.05, 4.69) is 4.74 Å². The zero-order chi connectivity index (χ0) is 16.5. The molecular formula is C12H18F2O7S. The molecular weight excluding hydrogens is 326 g/mol. The van der Waals surface area contributed by atoms with E-state index in [1.165, 1.54) is 0 Å². The zero-order valence-corrected chi connectivity index (χ0v) is 12.7. The fourth-order valence-corrected chi connectivity index (χ4v) is 2.73. The highest BCUT2D eigenvalue weighted by molar-refractivity contribution is 7.86. The Morgan fingerprint density at radius 2 is 2.09 bits per heavy atom. The maximum atomic E-state index is 13.3. The number of alkyl halides is 2. The SMILES string of the molecule is CC(OC(=O)C1CCC(OCC2CO2)C1)C(F)(F)S(=O)(=O)O. The fraction of sp³-hybridized carbons (Fsp3) is 0.917. The van der Waals surface area contributed by atoms with E-state index in [9.17, 15) is 22.0 Å². The number of carbonyl (C=O) groups excluding carboxylic acids is 1. The van der Waals surface area contributed by atoms with Gasteiger partial charge in [0.25, 0.3) is 0 Å². The van der Waals surface area contributed by atoms with Crippen LogP contribution in [0.1, 0.15) is 26.2 Å². The molecule has 1 saturated carbocycles. The van der Waals surface area contributed by atoms with Gasteiger partial charge in [0.15, 0.2) is 6.10 Å². The molecule has 0 spiro atoms. The van der Waals surface area contributed by atoms with Crippen LogP contribution in [0.4, 0.5) is 8.78 Å². The van der Waals surface area contributed by atoms with Gasteiger partial charge in [-0.3, -0.25) is 9.35 Å². The van der Waals surface area contributed by atoms with Crippen LogP contribution < -0.4 is 0 Å². The van der Waals surface area contributed by atoms with E-state index in [0.717, 1.165) is 6.92 Å². The highest BCUT2D eigenvalue weighted by Gasteiger charge is 2.52. The van der Waals surface area contributed by atoms with Gasteiger partial charge < -0.3 is 14.2 Å². The van der Waals surface area contributed by atoms with Crippen molar-refractivity contribution in [2.24, 2.45) is 5.92 Å². The molecule has 2 fully saturated rings. The summed E-state index contributed by atoms with van der Waals surface area (Å²) in [6, 6.07) is 0. The summed E-state index contributed by atoms with van der Waals surface area (Å²) in [6.45, 7) is 1.81. The first-order valence-corrected chi connectivity index (χ1v) is 8.33. The van der Waals surface area contributed by atoms with Gasteiger partial charge in [0.05, 0.1) is 25.2 Å². The standard InChI is InChI=1S/C12H18F2O7S/c1-7(12(13,14)22(16,17)18)21-11(15)8-2-3-9(4-8)19-5-10-6-20-10/h7-10H,2-6H2,1H3,(H,16,17,18). The number of hydrogen-bond donors (Lipinski definition) is 1. The third-order valence-corrected chi connectivity index (χ3v) is 4.77. The maximum Gasteiger partial charge on any atom is 0.405 e. The van der Waals surface area contributed by atoms with Crippen LogP contribution in [0.15, 0.2) is 0 Å². The highest BCUT2D eigenvalue weighted by Crippen LogP contribution is 2.32. The van der Waals surface area contributed by atoms with Gasteiger partial charge in [0, 0.05) is 0 Å². The quantitative estimate of drug-likeness (QED) is 0.417. The van der Waals surface area contributed by atoms with Gasteiger partial charge in [-0.15, -0.1) is 0 Å². The summed E-state index contributed by atoms with van der Waals surface area (Å²) in [7, 11) is -5.64. The van der Waals surface area contributed by atoms with Crippen LogP contribution in [0.25, 0.3) is 0 Å². The van der Waals surface area contributed by atoms with Crippen LogP contribution in [0, 0.1) is 5.92 Å². The van der Waals surface area contributed by atoms with Crippen molar-refractivity contribution < 1.29 is 40.8 Å². The topological polar surface area (TPSA) is 102 Å². The Kier molecular flexibility index (Phi) is 5.05. The molecule has 1 aliphatic carbocycles. The molecule has 0 aromatic heterocycles. The second kappa shape index (κ2) is 6.34. The predicted molar refractivity (Wildman–Crippen MR) is 68.9 cm³/mol. The van der Waals surface area contributed by atoms with Crippen molar-refractivity contribution >= 4 is 16.1 Å². The van der Waals surface area contributed by atoms with Gasteiger partial charge in [-0.05, 0) is 26.2 Å². The van der Waals surface area contributed by atoms with Crippen LogP contribution in [-0.4, -0.2) is 55.7 Å². The number of rotatable bonds is 7. The molecule has 7 nitrogen and oxygen atoms in total. The van der Waals surface area contributed by atoms with Crippen LogP contribution in [0.3, 0.4) is 0 Å². The first-order chi connectivity index (χ1) is 10.1. The molecule has 1 saturated heterocycles. The van der Waals surface area contributed by atoms with Gasteiger partial charge in [0.1, 0.15) is 6.10 Å². The summed E-state index contributed by atoms with van der Waals surface area (Å²) < 4.78 is 71.3. The normalized spacial score (nSPS) is 30.1. The van der Waals surface area contributed by atoms with Crippen molar-refractivity contribution in [3.8, 4) is 0 Å². The van der Waals surface area contributed by atoms with Crippen molar-refractivity contribution in [1.82, 2.24) is 0 Å². The lowest BCUT2D eigenvalue weighted by Crippen LogP contribution is -2.42. The summed E-state index contributed by atoms with van der Waals surface area (Å²) in [5.41, 5.74) is 0. The minimum absolute atomic E-state index is 0.0967. The maximum absolute atomic E-state index is 13.3. The van der Waals surface area contributed by atoms with E-state index in [4.69, 9.17) is 14.0 Å². The average molecular weight is 344 g/mol. The molecule has 2 aliphatic rings. The van der Waals surface area contributed by atoms with E-state index in [0.29, 0.717) is 32.5 Å². The Hall–Kier alpha value is -0.840. The lowest BCUT2D eigenvalue weighted by molar-refractivity contribution is -0.164. The molecule has 4 unspecified atom stereocenters. The van der Waals surface area contributed by atoms with Gasteiger partial charge in [-0.2, -0.15) is 17.2 Å². The van der Waals surface area contributed by atoms with E-state index < -0.39 is 33.4 Å². The number of hydrogen-bond acceptors (Lipinski definition) is 6. The first kappa shape index (κ1) is 17.5. The molecule has 10 heteroatoms. The zero-order valence-electron chi connectivity index (χ0n) is 11.9. The van der Waals surface area contributed by atoms with Gasteiger partial charge in [-0.1, -0.05) is 0 Å². The Labute approximate surface area is 126 Å². The van der Waals surface area contributed by atoms with Crippen molar-refractivity contribution in [2.45, 2.75) is 49.8 Å². The second-order valence-corrected chi connectivity index (χ2v) is 7.03. The molecule has 1 N–H and O–H groups in total. The molecule has 1 aliphatic heterocycles. The van der Waals surface area contributed by atoms with Gasteiger partial charge in [0.2, 0.25) is 0 Å². The number of esters is 1. The summed E-state index contributed by atoms with van der Waals surface area (Å²) >= 11 is 0. The van der Waals surface area contributed by atoms with Crippen molar-refractivity contribution in [1.29, 1.82) is 0 Å². The van der Waals surface area contributed by atoms with Crippen molar-refractivity contribution in [3.05, 3.63) is 0 Å². The molecule has 128 valence electrons. The second-order valence-electron chi connectivity index (χ2n) is 5.54. The van der Waals surface area contributed by atoms with Crippen LogP contribution >= 0.6 is 0 Å². The summed E-state index contributed by atoms with van der Waals surface area (Å²) in [5, 5.41) is -4.54. The van der Waals surface area contributed by atoms with Crippen LogP contribution in [0.5, 0.6) is 0 Å². The summed E-state index contributed by atoms with van der Waals surface area (Å²) in [6.07, 6.45) is -1.00. The minimum Gasteiger partial charge on any atom is -0.455 e. The number of halogens is 2. The van der Waals surface area contributed by atoms with Gasteiger partial charge in [-0.25, -0.2) is 0 Å². The fourth-order valence-electron chi connectivity index (χ4n) is 2.26. The van der Waals surface area contributed by atoms with Crippen LogP contribution in [-0.2, 0) is 29.1 Å². The smallest absolute Gasteiger partial charge is 0.405 e. The lowest BCUT2D eigenvalue weighted by atomic mass is 10.1. The van der Waals surface area contributed by atoms with E-state index >= 15 is 0 Å². The highest BCUT2D eigenvalue weighted by atomic mass is 32.2. The molecule has 0 bridgehead atoms. The molecule has 2 rings (SSSR count). The Morgan fingerprint density at radius 3 is 2.64 bits per heavy atom. The average Bonchev–Trinajstić information content (AvgIpc) is 3.11. The van der Waals surface area contributed by atoms with Gasteiger partial charge >= 0.3 is 21.3 Å². The molecule has 0 radical (unpaired) electrons. The van der Waals surface area contributed by atoms with Crippen molar-refractivity contribution in [3.63, 3.8) is 0 Å². The van der Waals surface area contributed by atoms with Crippen molar-refractivity contribution in [2.75, 3.05) is 13.2 Å². The molecule has 22 heavy (non-hydrogen) atoms. The molecule has 4 atom stereocenters. The van der Waals surface area contributed by atoms with Crippen LogP contribution in [0.2, 0.25) is 0 Å². The number of ether oxygens (including phenoxy) is 3. The largest absolute Gasteiger partial charge is 0.455 e. The third kappa shape index (κ3) is 4.12. The first-order valence-electron chi connectivity index (χ1n) is 6.89. The predicted octanol–water partition coefficient (Wildman–Crippen LogP) is 0.983. The van der Waals surface area contributed by atoms with E-state index in [1.807, 2.05) is 0 Å². The number of epoxide rings is 1. The Balaban J connectivity index is 1.82. The molecule has 0 aromatic rings. The monoisotopic (exact) mass is 344 g/mol.